The molecular formula is C21H20N2O3. The second-order valence-electron chi connectivity index (χ2n) is 6.67. The predicted molar refractivity (Wildman–Crippen MR) is 100.0 cm³/mol. The molecule has 2 amide bonds. The van der Waals surface area contributed by atoms with Crippen molar-refractivity contribution in [3.63, 3.8) is 0 Å². The van der Waals surface area contributed by atoms with E-state index in [1.165, 1.54) is 0 Å². The molecule has 1 atom stereocenters. The van der Waals surface area contributed by atoms with Crippen LogP contribution in [0, 0.1) is 0 Å². The molecule has 1 spiro atoms. The molecule has 26 heavy (non-hydrogen) atoms. The molecule has 1 N–H and O–H groups in total. The number of ether oxygens (including phenoxy) is 1. The molecule has 1 unspecified atom stereocenters. The van der Waals surface area contributed by atoms with Gasteiger partial charge in [0.25, 0.3) is 0 Å². The van der Waals surface area contributed by atoms with Crippen LogP contribution in [-0.4, -0.2) is 36.9 Å². The van der Waals surface area contributed by atoms with Crippen LogP contribution in [0.4, 0.5) is 5.69 Å². The Hall–Kier alpha value is -3.08. The van der Waals surface area contributed by atoms with Crippen LogP contribution in [0.1, 0.15) is 17.5 Å². The van der Waals surface area contributed by atoms with Gasteiger partial charge < -0.3 is 15.0 Å². The Morgan fingerprint density at radius 3 is 2.81 bits per heavy atom. The summed E-state index contributed by atoms with van der Waals surface area (Å²) in [6.45, 7) is 0.974. The van der Waals surface area contributed by atoms with E-state index in [0.29, 0.717) is 19.5 Å². The maximum Gasteiger partial charge on any atom is 0.246 e. The molecule has 1 saturated heterocycles. The Morgan fingerprint density at radius 2 is 1.96 bits per heavy atom. The van der Waals surface area contributed by atoms with Crippen LogP contribution in [0.15, 0.2) is 54.6 Å². The van der Waals surface area contributed by atoms with Gasteiger partial charge in [-0.25, -0.2) is 0 Å². The third-order valence-electron chi connectivity index (χ3n) is 5.25. The van der Waals surface area contributed by atoms with E-state index in [1.54, 1.807) is 24.2 Å². The van der Waals surface area contributed by atoms with E-state index in [2.05, 4.69) is 5.32 Å². The smallest absolute Gasteiger partial charge is 0.246 e. The van der Waals surface area contributed by atoms with Gasteiger partial charge in [0.15, 0.2) is 0 Å². The van der Waals surface area contributed by atoms with Crippen LogP contribution in [0.5, 0.6) is 5.75 Å². The summed E-state index contributed by atoms with van der Waals surface area (Å²) in [6, 6.07) is 15.3. The van der Waals surface area contributed by atoms with Crippen molar-refractivity contribution in [3.05, 3.63) is 65.7 Å². The lowest BCUT2D eigenvalue weighted by Gasteiger charge is -2.22. The largest absolute Gasteiger partial charge is 0.496 e. The molecule has 0 bridgehead atoms. The lowest BCUT2D eigenvalue weighted by atomic mass is 9.81. The molecule has 0 radical (unpaired) electrons. The fourth-order valence-electron chi connectivity index (χ4n) is 3.85. The summed E-state index contributed by atoms with van der Waals surface area (Å²) in [4.78, 5) is 27.0. The van der Waals surface area contributed by atoms with Crippen LogP contribution < -0.4 is 10.1 Å². The number of carbonyl (C=O) groups excluding carboxylic acids is 2. The van der Waals surface area contributed by atoms with Crippen LogP contribution in [0.2, 0.25) is 0 Å². The Balaban J connectivity index is 1.53. The minimum Gasteiger partial charge on any atom is -0.496 e. The maximum absolute atomic E-state index is 12.6. The molecule has 2 heterocycles. The minimum absolute atomic E-state index is 0.0114. The molecule has 2 aliphatic heterocycles. The highest BCUT2D eigenvalue weighted by atomic mass is 16.5. The number of para-hydroxylation sites is 2. The monoisotopic (exact) mass is 348 g/mol. The first-order chi connectivity index (χ1) is 12.6. The van der Waals surface area contributed by atoms with Crippen LogP contribution >= 0.6 is 0 Å². The number of rotatable bonds is 3. The van der Waals surface area contributed by atoms with Crippen molar-refractivity contribution < 1.29 is 14.3 Å². The highest BCUT2D eigenvalue weighted by Crippen LogP contribution is 2.44. The lowest BCUT2D eigenvalue weighted by Crippen LogP contribution is -2.38. The van der Waals surface area contributed by atoms with E-state index in [1.807, 2.05) is 48.5 Å². The number of hydrogen-bond donors (Lipinski definition) is 1. The number of benzene rings is 2. The highest BCUT2D eigenvalue weighted by Gasteiger charge is 2.51. The first-order valence-electron chi connectivity index (χ1n) is 8.65. The van der Waals surface area contributed by atoms with Crippen LogP contribution in [0.3, 0.4) is 0 Å². The first kappa shape index (κ1) is 16.4. The first-order valence-corrected chi connectivity index (χ1v) is 8.65. The second kappa shape index (κ2) is 6.33. The Bertz CT molecular complexity index is 906. The lowest BCUT2D eigenvalue weighted by molar-refractivity contribution is -0.125. The molecule has 0 saturated carbocycles. The zero-order chi connectivity index (χ0) is 18.1. The van der Waals surface area contributed by atoms with E-state index < -0.39 is 5.41 Å². The summed E-state index contributed by atoms with van der Waals surface area (Å²) in [5.74, 6) is 0.617. The van der Waals surface area contributed by atoms with Crippen molar-refractivity contribution in [1.29, 1.82) is 0 Å². The third-order valence-corrected chi connectivity index (χ3v) is 5.25. The fourth-order valence-corrected chi connectivity index (χ4v) is 3.85. The Labute approximate surface area is 152 Å². The molecule has 4 rings (SSSR count). The number of likely N-dealkylation sites (tertiary alicyclic amines) is 1. The second-order valence-corrected chi connectivity index (χ2v) is 6.67. The number of fused-ring (bicyclic) bond motifs is 2. The van der Waals surface area contributed by atoms with Gasteiger partial charge in [-0.3, -0.25) is 9.59 Å². The topological polar surface area (TPSA) is 58.6 Å². The number of nitrogens with one attached hydrogen (secondary N) is 1. The van der Waals surface area contributed by atoms with Gasteiger partial charge in [0.2, 0.25) is 11.8 Å². The number of amides is 2. The van der Waals surface area contributed by atoms with Gasteiger partial charge in [-0.15, -0.1) is 0 Å². The Morgan fingerprint density at radius 1 is 1.19 bits per heavy atom. The van der Waals surface area contributed by atoms with Gasteiger partial charge in [0.1, 0.15) is 5.75 Å². The van der Waals surface area contributed by atoms with Crippen molar-refractivity contribution in [3.8, 4) is 5.75 Å². The molecular weight excluding hydrogens is 328 g/mol. The third kappa shape index (κ3) is 2.56. The van der Waals surface area contributed by atoms with Crippen LogP contribution in [0.25, 0.3) is 6.08 Å². The molecule has 2 aliphatic rings. The predicted octanol–water partition coefficient (Wildman–Crippen LogP) is 2.83. The zero-order valence-electron chi connectivity index (χ0n) is 14.6. The minimum atomic E-state index is -0.621. The van der Waals surface area contributed by atoms with Crippen LogP contribution in [-0.2, 0) is 15.0 Å². The van der Waals surface area contributed by atoms with Crippen molar-refractivity contribution in [1.82, 2.24) is 4.90 Å². The fraction of sp³-hybridized carbons (Fsp3) is 0.238. The van der Waals surface area contributed by atoms with E-state index in [9.17, 15) is 9.59 Å². The van der Waals surface area contributed by atoms with Gasteiger partial charge in [-0.2, -0.15) is 0 Å². The van der Waals surface area contributed by atoms with E-state index in [0.717, 1.165) is 22.6 Å². The highest BCUT2D eigenvalue weighted by molar-refractivity contribution is 6.07. The SMILES string of the molecule is COc1ccccc1/C=C/C(=O)N1CCC2(C1)C(=O)Nc1ccccc12. The number of methoxy groups -OCH3 is 1. The zero-order valence-corrected chi connectivity index (χ0v) is 14.6. The average molecular weight is 348 g/mol. The number of nitrogens with zero attached hydrogens (tertiary/aromatic N) is 1. The summed E-state index contributed by atoms with van der Waals surface area (Å²) in [5.41, 5.74) is 2.08. The summed E-state index contributed by atoms with van der Waals surface area (Å²) in [7, 11) is 1.61. The summed E-state index contributed by atoms with van der Waals surface area (Å²) >= 11 is 0. The summed E-state index contributed by atoms with van der Waals surface area (Å²) < 4.78 is 5.30. The molecule has 2 aromatic carbocycles. The molecule has 1 fully saturated rings. The molecule has 132 valence electrons. The molecule has 2 aromatic rings. The van der Waals surface area contributed by atoms with E-state index in [4.69, 9.17) is 4.74 Å². The van der Waals surface area contributed by atoms with Crippen molar-refractivity contribution in [2.45, 2.75) is 11.8 Å². The normalized spacial score (nSPS) is 21.3. The van der Waals surface area contributed by atoms with Crippen molar-refractivity contribution in [2.24, 2.45) is 0 Å². The number of anilines is 1. The standard InChI is InChI=1S/C21H20N2O3/c1-26-18-9-5-2-6-15(18)10-11-19(24)23-13-12-21(14-23)16-7-3-4-8-17(16)22-20(21)25/h2-11H,12-14H2,1H3,(H,22,25)/b11-10+. The van der Waals surface area contributed by atoms with Gasteiger partial charge in [0, 0.05) is 30.4 Å². The quantitative estimate of drug-likeness (QED) is 0.868. The Kier molecular flexibility index (Phi) is 3.99. The van der Waals surface area contributed by atoms with Crippen molar-refractivity contribution in [2.75, 3.05) is 25.5 Å². The van der Waals surface area contributed by atoms with Gasteiger partial charge >= 0.3 is 0 Å². The molecule has 5 heteroatoms. The van der Waals surface area contributed by atoms with Gasteiger partial charge in [-0.1, -0.05) is 36.4 Å². The maximum atomic E-state index is 12.6. The van der Waals surface area contributed by atoms with Gasteiger partial charge in [0.05, 0.1) is 12.5 Å². The number of carbonyl (C=O) groups is 2. The molecule has 0 aliphatic carbocycles. The summed E-state index contributed by atoms with van der Waals surface area (Å²) in [6.07, 6.45) is 3.95. The summed E-state index contributed by atoms with van der Waals surface area (Å²) in [5, 5.41) is 2.95. The number of hydrogen-bond acceptors (Lipinski definition) is 3. The average Bonchev–Trinajstić information content (AvgIpc) is 3.24. The van der Waals surface area contributed by atoms with Gasteiger partial charge in [-0.05, 0) is 30.2 Å². The van der Waals surface area contributed by atoms with Crippen molar-refractivity contribution >= 4 is 23.6 Å². The molecule has 0 aromatic heterocycles. The molecule has 5 nitrogen and oxygen atoms in total. The van der Waals surface area contributed by atoms with E-state index in [-0.39, 0.29) is 11.8 Å². The van der Waals surface area contributed by atoms with E-state index >= 15 is 0 Å².